The van der Waals surface area contributed by atoms with E-state index in [2.05, 4.69) is 12.6 Å². The maximum Gasteiger partial charge on any atom is 0.429 e. The summed E-state index contributed by atoms with van der Waals surface area (Å²) >= 11 is 3.39. The first-order valence-electron chi connectivity index (χ1n) is 7.94. The maximum atomic E-state index is 15.0. The molecule has 1 rings (SSSR count). The van der Waals surface area contributed by atoms with Gasteiger partial charge in [-0.3, -0.25) is 5.32 Å². The van der Waals surface area contributed by atoms with Gasteiger partial charge in [0.05, 0.1) is 4.75 Å². The smallest absolute Gasteiger partial charge is 0.292 e. The minimum absolute atomic E-state index is 0.489. The van der Waals surface area contributed by atoms with Crippen molar-refractivity contribution in [3.05, 3.63) is 0 Å². The molecular formula is C16H25F8NS. The summed E-state index contributed by atoms with van der Waals surface area (Å²) in [7, 11) is 0. The molecule has 156 valence electrons. The average Bonchev–Trinajstić information content (AvgIpc) is 2.89. The van der Waals surface area contributed by atoms with Crippen LogP contribution in [0, 0.1) is 5.41 Å². The molecule has 10 heteroatoms. The molecule has 1 heterocycles. The van der Waals surface area contributed by atoms with Gasteiger partial charge >= 0.3 is 12.1 Å². The number of hydrogen-bond donors (Lipinski definition) is 2. The van der Waals surface area contributed by atoms with E-state index in [-0.39, 0.29) is 0 Å². The van der Waals surface area contributed by atoms with E-state index in [4.69, 9.17) is 0 Å². The maximum absolute atomic E-state index is 15.0. The molecule has 0 radical (unpaired) electrons. The molecule has 1 fully saturated rings. The van der Waals surface area contributed by atoms with Gasteiger partial charge in [0, 0.05) is 6.42 Å². The molecule has 1 aliphatic rings. The highest BCUT2D eigenvalue weighted by atomic mass is 32.1. The van der Waals surface area contributed by atoms with Gasteiger partial charge in [-0.25, -0.2) is 22.0 Å². The Morgan fingerprint density at radius 2 is 1.15 bits per heavy atom. The van der Waals surface area contributed by atoms with Gasteiger partial charge in [-0.1, -0.05) is 20.8 Å². The minimum atomic E-state index is -6.03. The normalized spacial score (nSPS) is 30.9. The Morgan fingerprint density at radius 3 is 1.42 bits per heavy atom. The topological polar surface area (TPSA) is 21.9 Å². The standard InChI is InChI=1S/C16H25F8NS/c1-9(2,3)8-13(17,18)11(6)12(7,25-11)15(20,21)14(19,10(4,5)26)16(22,23)24/h25-26H,8H2,1-7H3. The minimum Gasteiger partial charge on any atom is -0.292 e. The van der Waals surface area contributed by atoms with Crippen LogP contribution in [-0.4, -0.2) is 39.5 Å². The predicted octanol–water partition coefficient (Wildman–Crippen LogP) is 5.79. The third kappa shape index (κ3) is 3.02. The lowest BCUT2D eigenvalue weighted by atomic mass is 9.71. The van der Waals surface area contributed by atoms with Crippen LogP contribution in [0.15, 0.2) is 0 Å². The fourth-order valence-corrected chi connectivity index (χ4v) is 3.68. The van der Waals surface area contributed by atoms with Gasteiger partial charge in [0.1, 0.15) is 11.1 Å². The summed E-state index contributed by atoms with van der Waals surface area (Å²) in [6.45, 7) is 6.57. The Hall–Kier alpha value is -0.250. The van der Waals surface area contributed by atoms with Crippen molar-refractivity contribution in [3.63, 3.8) is 0 Å². The quantitative estimate of drug-likeness (QED) is 0.331. The van der Waals surface area contributed by atoms with Crippen molar-refractivity contribution in [1.82, 2.24) is 5.32 Å². The Balaban J connectivity index is 3.50. The van der Waals surface area contributed by atoms with Gasteiger partial charge in [0.15, 0.2) is 0 Å². The van der Waals surface area contributed by atoms with Crippen LogP contribution in [0.4, 0.5) is 35.1 Å². The Kier molecular flexibility index (Phi) is 5.16. The SMILES string of the molecule is CC(C)(C)CC(F)(F)C1(C)NC1(C)C(F)(F)C(F)(C(F)(F)F)C(C)(C)S. The summed E-state index contributed by atoms with van der Waals surface area (Å²) in [6, 6.07) is 0. The summed E-state index contributed by atoms with van der Waals surface area (Å²) in [5, 5.41) is 1.80. The lowest BCUT2D eigenvalue weighted by molar-refractivity contribution is -0.320. The van der Waals surface area contributed by atoms with Crippen LogP contribution >= 0.6 is 12.6 Å². The van der Waals surface area contributed by atoms with Gasteiger partial charge in [-0.05, 0) is 33.1 Å². The van der Waals surface area contributed by atoms with Gasteiger partial charge in [-0.15, -0.1) is 0 Å². The van der Waals surface area contributed by atoms with E-state index < -0.39 is 51.4 Å². The average molecular weight is 415 g/mol. The molecule has 1 saturated heterocycles. The molecule has 1 aliphatic heterocycles. The van der Waals surface area contributed by atoms with Crippen LogP contribution in [0.3, 0.4) is 0 Å². The lowest BCUT2D eigenvalue weighted by Gasteiger charge is -2.46. The van der Waals surface area contributed by atoms with Gasteiger partial charge < -0.3 is 0 Å². The van der Waals surface area contributed by atoms with Crippen molar-refractivity contribution >= 4 is 12.6 Å². The number of rotatable bonds is 5. The molecule has 0 spiro atoms. The summed E-state index contributed by atoms with van der Waals surface area (Å²) < 4.78 is 111. The largest absolute Gasteiger partial charge is 0.429 e. The van der Waals surface area contributed by atoms with Crippen LogP contribution < -0.4 is 5.32 Å². The molecule has 0 aromatic rings. The van der Waals surface area contributed by atoms with E-state index in [0.717, 1.165) is 0 Å². The van der Waals surface area contributed by atoms with E-state index in [9.17, 15) is 35.1 Å². The van der Waals surface area contributed by atoms with Crippen molar-refractivity contribution in [2.75, 3.05) is 0 Å². The summed E-state index contributed by atoms with van der Waals surface area (Å²) in [6.07, 6.45) is -6.90. The molecule has 3 unspecified atom stereocenters. The molecule has 0 aliphatic carbocycles. The van der Waals surface area contributed by atoms with Crippen molar-refractivity contribution < 1.29 is 35.1 Å². The zero-order valence-corrected chi connectivity index (χ0v) is 16.6. The van der Waals surface area contributed by atoms with Crippen LogP contribution in [0.2, 0.25) is 0 Å². The lowest BCUT2D eigenvalue weighted by Crippen LogP contribution is -2.71. The zero-order chi connectivity index (χ0) is 21.4. The molecule has 1 nitrogen and oxygen atoms in total. The monoisotopic (exact) mass is 415 g/mol. The van der Waals surface area contributed by atoms with E-state index in [0.29, 0.717) is 27.7 Å². The highest BCUT2D eigenvalue weighted by Crippen LogP contribution is 2.66. The predicted molar refractivity (Wildman–Crippen MR) is 86.9 cm³/mol. The van der Waals surface area contributed by atoms with E-state index in [1.807, 2.05) is 0 Å². The second kappa shape index (κ2) is 5.64. The van der Waals surface area contributed by atoms with Crippen LogP contribution in [0.5, 0.6) is 0 Å². The molecule has 0 aromatic carbocycles. The number of halogens is 8. The zero-order valence-electron chi connectivity index (χ0n) is 15.7. The first-order chi connectivity index (χ1) is 10.9. The molecule has 3 atom stereocenters. The number of thiol groups is 1. The van der Waals surface area contributed by atoms with Crippen molar-refractivity contribution in [3.8, 4) is 0 Å². The molecule has 1 N–H and O–H groups in total. The van der Waals surface area contributed by atoms with Crippen molar-refractivity contribution in [2.45, 2.75) is 94.4 Å². The van der Waals surface area contributed by atoms with Crippen LogP contribution in [0.1, 0.15) is 54.9 Å². The number of hydrogen-bond acceptors (Lipinski definition) is 2. The first kappa shape index (κ1) is 23.8. The Morgan fingerprint density at radius 1 is 0.769 bits per heavy atom. The van der Waals surface area contributed by atoms with Crippen LogP contribution in [-0.2, 0) is 0 Å². The van der Waals surface area contributed by atoms with Gasteiger partial charge in [-0.2, -0.15) is 25.8 Å². The fourth-order valence-electron chi connectivity index (χ4n) is 3.41. The van der Waals surface area contributed by atoms with E-state index in [1.54, 1.807) is 5.32 Å². The van der Waals surface area contributed by atoms with Crippen molar-refractivity contribution in [2.24, 2.45) is 5.41 Å². The van der Waals surface area contributed by atoms with Crippen molar-refractivity contribution in [1.29, 1.82) is 0 Å². The summed E-state index contributed by atoms with van der Waals surface area (Å²) in [5.41, 5.74) is -12.0. The third-order valence-electron chi connectivity index (χ3n) is 5.22. The fraction of sp³-hybridized carbons (Fsp3) is 1.00. The van der Waals surface area contributed by atoms with E-state index in [1.165, 1.54) is 20.8 Å². The molecule has 0 amide bonds. The third-order valence-corrected chi connectivity index (χ3v) is 5.52. The second-order valence-corrected chi connectivity index (χ2v) is 10.2. The van der Waals surface area contributed by atoms with E-state index >= 15 is 0 Å². The molecule has 26 heavy (non-hydrogen) atoms. The highest BCUT2D eigenvalue weighted by molar-refractivity contribution is 7.81. The molecular weight excluding hydrogens is 390 g/mol. The number of alkyl halides is 8. The highest BCUT2D eigenvalue weighted by Gasteiger charge is 2.91. The molecule has 0 bridgehead atoms. The summed E-state index contributed by atoms with van der Waals surface area (Å²) in [4.78, 5) is 0. The molecule has 0 aromatic heterocycles. The first-order valence-corrected chi connectivity index (χ1v) is 8.39. The molecule has 0 saturated carbocycles. The Labute approximate surface area is 153 Å². The van der Waals surface area contributed by atoms with Gasteiger partial charge in [0.25, 0.3) is 11.6 Å². The number of nitrogens with one attached hydrogen (secondary N) is 1. The van der Waals surface area contributed by atoms with Crippen LogP contribution in [0.25, 0.3) is 0 Å². The van der Waals surface area contributed by atoms with Gasteiger partial charge in [0.2, 0.25) is 0 Å². The second-order valence-electron chi connectivity index (χ2n) is 9.11. The Bertz CT molecular complexity index is 546. The summed E-state index contributed by atoms with van der Waals surface area (Å²) in [5.74, 6) is -9.03.